The number of alkyl halides is 3. The van der Waals surface area contributed by atoms with Crippen molar-refractivity contribution in [3.63, 3.8) is 0 Å². The lowest BCUT2D eigenvalue weighted by atomic mass is 10.0. The van der Waals surface area contributed by atoms with E-state index in [1.54, 1.807) is 0 Å². The topological polar surface area (TPSA) is 75.6 Å². The van der Waals surface area contributed by atoms with Crippen LogP contribution in [0.5, 0.6) is 0 Å². The van der Waals surface area contributed by atoms with Gasteiger partial charge in [0.05, 0.1) is 24.0 Å². The molecular weight excluding hydrogens is 455 g/mol. The van der Waals surface area contributed by atoms with E-state index in [1.807, 2.05) is 41.0 Å². The van der Waals surface area contributed by atoms with Crippen molar-refractivity contribution in [2.24, 2.45) is 0 Å². The normalized spacial score (nSPS) is 11.6. The summed E-state index contributed by atoms with van der Waals surface area (Å²) in [6.45, 7) is 7.07. The highest BCUT2D eigenvalue weighted by Crippen LogP contribution is 2.30. The molecule has 0 unspecified atom stereocenters. The summed E-state index contributed by atoms with van der Waals surface area (Å²) >= 11 is 0. The molecule has 0 saturated carbocycles. The maximum absolute atomic E-state index is 12.9. The second kappa shape index (κ2) is 9.77. The van der Waals surface area contributed by atoms with Crippen LogP contribution in [0.25, 0.3) is 0 Å². The van der Waals surface area contributed by atoms with Crippen molar-refractivity contribution in [3.05, 3.63) is 105 Å². The standard InChI is InChI=1S/C26H26F3N5O/c1-16-5-4-6-17(2)22(16)15-34-14-18(3)23(33-34)11-19-7-9-20(10-8-19)12-30-25(35)21-13-31-32-24(21)26(27,28)29/h4-10,13-14H,11-12,15H2,1-3H3,(H,30,35)(H,31,32). The highest BCUT2D eigenvalue weighted by molar-refractivity contribution is 5.95. The van der Waals surface area contributed by atoms with Crippen molar-refractivity contribution in [3.8, 4) is 0 Å². The van der Waals surface area contributed by atoms with E-state index in [4.69, 9.17) is 5.10 Å². The molecule has 182 valence electrons. The minimum atomic E-state index is -4.67. The second-order valence-corrected chi connectivity index (χ2v) is 8.66. The Morgan fingerprint density at radius 3 is 2.31 bits per heavy atom. The Morgan fingerprint density at radius 2 is 1.66 bits per heavy atom. The highest BCUT2D eigenvalue weighted by Gasteiger charge is 2.37. The number of hydrogen-bond acceptors (Lipinski definition) is 3. The Balaban J connectivity index is 1.38. The number of nitrogens with zero attached hydrogens (tertiary/aromatic N) is 3. The minimum Gasteiger partial charge on any atom is -0.348 e. The molecule has 1 amide bonds. The number of nitrogens with one attached hydrogen (secondary N) is 2. The summed E-state index contributed by atoms with van der Waals surface area (Å²) in [4.78, 5) is 12.2. The maximum atomic E-state index is 12.9. The van der Waals surface area contributed by atoms with Crippen LogP contribution in [0.1, 0.15) is 55.1 Å². The van der Waals surface area contributed by atoms with Gasteiger partial charge in [0, 0.05) is 19.2 Å². The molecule has 0 spiro atoms. The average Bonchev–Trinajstić information content (AvgIpc) is 3.43. The molecule has 4 aromatic rings. The number of rotatable bonds is 7. The highest BCUT2D eigenvalue weighted by atomic mass is 19.4. The predicted molar refractivity (Wildman–Crippen MR) is 126 cm³/mol. The van der Waals surface area contributed by atoms with Crippen LogP contribution in [0, 0.1) is 20.8 Å². The molecule has 2 aromatic carbocycles. The summed E-state index contributed by atoms with van der Waals surface area (Å²) in [5.41, 5.74) is 5.98. The summed E-state index contributed by atoms with van der Waals surface area (Å²) in [5.74, 6) is -0.833. The molecular formula is C26H26F3N5O. The fourth-order valence-electron chi connectivity index (χ4n) is 4.00. The number of benzene rings is 2. The molecule has 2 aromatic heterocycles. The van der Waals surface area contributed by atoms with E-state index < -0.39 is 23.3 Å². The molecule has 2 N–H and O–H groups in total. The van der Waals surface area contributed by atoms with Gasteiger partial charge < -0.3 is 5.32 Å². The van der Waals surface area contributed by atoms with E-state index in [2.05, 4.69) is 48.7 Å². The number of halogens is 3. The molecule has 0 bridgehead atoms. The number of hydrogen-bond donors (Lipinski definition) is 2. The number of carbonyl (C=O) groups is 1. The molecule has 6 nitrogen and oxygen atoms in total. The number of amides is 1. The SMILES string of the molecule is Cc1cn(Cc2c(C)cccc2C)nc1Cc1ccc(CNC(=O)c2cn[nH]c2C(F)(F)F)cc1. The van der Waals surface area contributed by atoms with Gasteiger partial charge in [0.25, 0.3) is 5.91 Å². The Morgan fingerprint density at radius 1 is 1.00 bits per heavy atom. The largest absolute Gasteiger partial charge is 0.433 e. The van der Waals surface area contributed by atoms with E-state index in [0.29, 0.717) is 13.0 Å². The van der Waals surface area contributed by atoms with Crippen molar-refractivity contribution >= 4 is 5.91 Å². The first-order valence-electron chi connectivity index (χ1n) is 11.2. The fourth-order valence-corrected chi connectivity index (χ4v) is 4.00. The zero-order chi connectivity index (χ0) is 25.2. The van der Waals surface area contributed by atoms with Crippen molar-refractivity contribution in [1.82, 2.24) is 25.3 Å². The van der Waals surface area contributed by atoms with Crippen molar-refractivity contribution in [2.45, 2.75) is 46.5 Å². The Hall–Kier alpha value is -3.88. The van der Waals surface area contributed by atoms with Gasteiger partial charge in [-0.15, -0.1) is 0 Å². The number of aryl methyl sites for hydroxylation is 3. The Bertz CT molecular complexity index is 1320. The summed E-state index contributed by atoms with van der Waals surface area (Å²) in [6, 6.07) is 13.8. The quantitative estimate of drug-likeness (QED) is 0.385. The summed E-state index contributed by atoms with van der Waals surface area (Å²) in [7, 11) is 0. The van der Waals surface area contributed by atoms with Gasteiger partial charge in [-0.1, -0.05) is 42.5 Å². The maximum Gasteiger partial charge on any atom is 0.433 e. The van der Waals surface area contributed by atoms with Gasteiger partial charge in [0.1, 0.15) is 0 Å². The van der Waals surface area contributed by atoms with Gasteiger partial charge in [0.15, 0.2) is 5.69 Å². The van der Waals surface area contributed by atoms with Gasteiger partial charge in [-0.2, -0.15) is 23.4 Å². The third-order valence-corrected chi connectivity index (χ3v) is 6.03. The molecule has 0 saturated heterocycles. The summed E-state index contributed by atoms with van der Waals surface area (Å²) in [5, 5.41) is 12.5. The third-order valence-electron chi connectivity index (χ3n) is 6.03. The number of aromatic amines is 1. The van der Waals surface area contributed by atoms with Gasteiger partial charge in [-0.25, -0.2) is 0 Å². The van der Waals surface area contributed by atoms with Crippen molar-refractivity contribution in [1.29, 1.82) is 0 Å². The first kappa shape index (κ1) is 24.3. The lowest BCUT2D eigenvalue weighted by Gasteiger charge is -2.09. The lowest BCUT2D eigenvalue weighted by Crippen LogP contribution is -2.25. The average molecular weight is 482 g/mol. The molecule has 0 atom stereocenters. The summed E-state index contributed by atoms with van der Waals surface area (Å²) in [6.07, 6.45) is -1.09. The molecule has 0 aliphatic heterocycles. The van der Waals surface area contributed by atoms with Crippen molar-refractivity contribution in [2.75, 3.05) is 0 Å². The van der Waals surface area contributed by atoms with E-state index in [9.17, 15) is 18.0 Å². The molecule has 0 radical (unpaired) electrons. The molecule has 0 fully saturated rings. The number of carbonyl (C=O) groups excluding carboxylic acids is 1. The predicted octanol–water partition coefficient (Wildman–Crippen LogP) is 5.12. The van der Waals surface area contributed by atoms with Gasteiger partial charge >= 0.3 is 6.18 Å². The number of aromatic nitrogens is 4. The fraction of sp³-hybridized carbons (Fsp3) is 0.269. The van der Waals surface area contributed by atoms with Gasteiger partial charge in [-0.3, -0.25) is 14.6 Å². The van der Waals surface area contributed by atoms with Crippen LogP contribution < -0.4 is 5.32 Å². The smallest absolute Gasteiger partial charge is 0.348 e. The van der Waals surface area contributed by atoms with Gasteiger partial charge in [0.2, 0.25) is 0 Å². The zero-order valence-corrected chi connectivity index (χ0v) is 19.7. The van der Waals surface area contributed by atoms with Crippen LogP contribution in [0.15, 0.2) is 54.9 Å². The van der Waals surface area contributed by atoms with E-state index in [1.165, 1.54) is 16.7 Å². The second-order valence-electron chi connectivity index (χ2n) is 8.66. The Kier molecular flexibility index (Phi) is 6.77. The lowest BCUT2D eigenvalue weighted by molar-refractivity contribution is -0.141. The molecule has 0 aliphatic rings. The monoisotopic (exact) mass is 481 g/mol. The molecule has 2 heterocycles. The molecule has 35 heavy (non-hydrogen) atoms. The van der Waals surface area contributed by atoms with Crippen LogP contribution in [0.3, 0.4) is 0 Å². The third kappa shape index (κ3) is 5.62. The van der Waals surface area contributed by atoms with Crippen LogP contribution in [-0.2, 0) is 25.7 Å². The molecule has 9 heteroatoms. The van der Waals surface area contributed by atoms with Crippen LogP contribution in [-0.4, -0.2) is 25.9 Å². The van der Waals surface area contributed by atoms with E-state index >= 15 is 0 Å². The van der Waals surface area contributed by atoms with Crippen LogP contribution >= 0.6 is 0 Å². The first-order chi connectivity index (χ1) is 16.6. The molecule has 4 rings (SSSR count). The minimum absolute atomic E-state index is 0.102. The van der Waals surface area contributed by atoms with Crippen LogP contribution in [0.4, 0.5) is 13.2 Å². The van der Waals surface area contributed by atoms with Crippen molar-refractivity contribution < 1.29 is 18.0 Å². The number of H-pyrrole nitrogens is 1. The summed E-state index contributed by atoms with van der Waals surface area (Å²) < 4.78 is 40.8. The van der Waals surface area contributed by atoms with Crippen LogP contribution in [0.2, 0.25) is 0 Å². The first-order valence-corrected chi connectivity index (χ1v) is 11.2. The van der Waals surface area contributed by atoms with E-state index in [0.717, 1.165) is 28.6 Å². The van der Waals surface area contributed by atoms with Gasteiger partial charge in [-0.05, 0) is 54.2 Å². The Labute approximate surface area is 201 Å². The molecule has 0 aliphatic carbocycles. The van der Waals surface area contributed by atoms with E-state index in [-0.39, 0.29) is 6.54 Å². The zero-order valence-electron chi connectivity index (χ0n) is 19.7.